The van der Waals surface area contributed by atoms with Gasteiger partial charge in [0.25, 0.3) is 0 Å². The number of aromatic nitrogens is 3. The normalized spacial score (nSPS) is 10.6. The van der Waals surface area contributed by atoms with E-state index < -0.39 is 0 Å². The largest absolute Gasteiger partial charge is 0.304 e. The summed E-state index contributed by atoms with van der Waals surface area (Å²) in [4.78, 5) is 12.8. The molecule has 5 aromatic rings. The van der Waals surface area contributed by atoms with Crippen molar-refractivity contribution in [1.82, 2.24) is 15.0 Å². The molecule has 0 saturated heterocycles. The smallest absolute Gasteiger partial charge is 0.232 e. The third-order valence-electron chi connectivity index (χ3n) is 5.25. The van der Waals surface area contributed by atoms with Gasteiger partial charge < -0.3 is 4.98 Å². The summed E-state index contributed by atoms with van der Waals surface area (Å²) in [6, 6.07) is 22.3. The second kappa shape index (κ2) is 8.35. The molecule has 0 atom stereocenters. The molecule has 0 amide bonds. The predicted octanol–water partition coefficient (Wildman–Crippen LogP) is 5.80. The Hall–Kier alpha value is -3.45. The van der Waals surface area contributed by atoms with Gasteiger partial charge >= 0.3 is 0 Å². The summed E-state index contributed by atoms with van der Waals surface area (Å²) in [6.45, 7) is 4.16. The van der Waals surface area contributed by atoms with E-state index in [-0.39, 0.29) is 25.9 Å². The van der Waals surface area contributed by atoms with Gasteiger partial charge in [-0.2, -0.15) is 5.26 Å². The van der Waals surface area contributed by atoms with Gasteiger partial charge in [-0.05, 0) is 44.9 Å². The van der Waals surface area contributed by atoms with Crippen LogP contribution in [0.2, 0.25) is 0 Å². The van der Waals surface area contributed by atoms with Gasteiger partial charge in [-0.1, -0.05) is 38.1 Å². The summed E-state index contributed by atoms with van der Waals surface area (Å²) in [7, 11) is 0. The summed E-state index contributed by atoms with van der Waals surface area (Å²) in [5, 5.41) is 13.5. The van der Waals surface area contributed by atoms with E-state index in [0.29, 0.717) is 0 Å². The quantitative estimate of drug-likeness (QED) is 0.197. The van der Waals surface area contributed by atoms with Crippen LogP contribution in [0.25, 0.3) is 43.9 Å². The number of benzene rings is 3. The fourth-order valence-electron chi connectivity index (χ4n) is 3.95. The number of nitrogens with zero attached hydrogens (tertiary/aromatic N) is 4. The van der Waals surface area contributed by atoms with E-state index in [9.17, 15) is 0 Å². The van der Waals surface area contributed by atoms with Crippen LogP contribution in [-0.2, 0) is 20.1 Å². The molecule has 0 aliphatic rings. The first-order chi connectivity index (χ1) is 14.6. The minimum Gasteiger partial charge on any atom is -0.304 e. The molecule has 4 nitrogen and oxygen atoms in total. The number of nitriles is 1. The molecule has 31 heavy (non-hydrogen) atoms. The van der Waals surface area contributed by atoms with Gasteiger partial charge in [0.15, 0.2) is 0 Å². The van der Waals surface area contributed by atoms with Gasteiger partial charge in [0.2, 0.25) is 5.82 Å². The van der Waals surface area contributed by atoms with Crippen LogP contribution in [-0.4, -0.2) is 15.0 Å². The molecule has 0 aliphatic heterocycles. The minimum absolute atomic E-state index is 0. The topological polar surface area (TPSA) is 62.5 Å². The Morgan fingerprint density at radius 3 is 2.32 bits per heavy atom. The molecule has 0 saturated carbocycles. The Labute approximate surface area is 194 Å². The molecule has 5 heteroatoms. The van der Waals surface area contributed by atoms with E-state index >= 15 is 0 Å². The Bertz CT molecular complexity index is 1450. The van der Waals surface area contributed by atoms with E-state index in [2.05, 4.69) is 83.4 Å². The number of hydrogen-bond acceptors (Lipinski definition) is 4. The summed E-state index contributed by atoms with van der Waals surface area (Å²) in [6.07, 6.45) is 5.24. The van der Waals surface area contributed by atoms with Crippen LogP contribution in [0.3, 0.4) is 0 Å². The molecule has 0 N–H and O–H groups in total. The van der Waals surface area contributed by atoms with Gasteiger partial charge in [-0.3, -0.25) is 0 Å². The van der Waals surface area contributed by atoms with Crippen molar-refractivity contribution >= 4 is 21.5 Å². The molecule has 5 rings (SSSR count). The van der Waals surface area contributed by atoms with E-state index in [1.807, 2.05) is 12.3 Å². The monoisotopic (exact) mass is 578 g/mol. The Morgan fingerprint density at radius 1 is 0.806 bits per heavy atom. The van der Waals surface area contributed by atoms with E-state index in [0.717, 1.165) is 44.1 Å². The second-order valence-corrected chi connectivity index (χ2v) is 7.42. The molecule has 1 radical (unpaired) electrons. The summed E-state index contributed by atoms with van der Waals surface area (Å²) < 4.78 is 0. The Balaban J connectivity index is 0.00000231. The van der Waals surface area contributed by atoms with Crippen molar-refractivity contribution in [3.8, 4) is 28.5 Å². The van der Waals surface area contributed by atoms with Crippen LogP contribution in [0.5, 0.6) is 0 Å². The van der Waals surface area contributed by atoms with Crippen LogP contribution >= 0.6 is 0 Å². The standard InChI is InChI=1S/C26H17N4.Ir/c1-16-9-17(2)11-20(10-16)26-24-6-4-19-12-18(21-14-29-25(13-27)30-15-21)3-5-22(19)23(24)7-8-28-26;/h3-10,12,14-15H,1-2H3;/q-1;. The predicted molar refractivity (Wildman–Crippen MR) is 119 cm³/mol. The van der Waals surface area contributed by atoms with Gasteiger partial charge in [-0.15, -0.1) is 34.9 Å². The maximum absolute atomic E-state index is 8.89. The fourth-order valence-corrected chi connectivity index (χ4v) is 3.95. The van der Waals surface area contributed by atoms with Crippen molar-refractivity contribution < 1.29 is 20.1 Å². The number of hydrogen-bond donors (Lipinski definition) is 0. The van der Waals surface area contributed by atoms with Gasteiger partial charge in [-0.25, -0.2) is 9.97 Å². The first-order valence-corrected chi connectivity index (χ1v) is 9.67. The van der Waals surface area contributed by atoms with Crippen LogP contribution < -0.4 is 0 Å². The third kappa shape index (κ3) is 3.84. The van der Waals surface area contributed by atoms with Crippen LogP contribution in [0.1, 0.15) is 17.0 Å². The van der Waals surface area contributed by atoms with Gasteiger partial charge in [0, 0.05) is 44.3 Å². The maximum atomic E-state index is 8.89. The molecule has 2 heterocycles. The molecule has 2 aromatic heterocycles. The van der Waals surface area contributed by atoms with Gasteiger partial charge in [0.1, 0.15) is 6.07 Å². The zero-order valence-corrected chi connectivity index (χ0v) is 19.4. The van der Waals surface area contributed by atoms with Crippen molar-refractivity contribution in [2.75, 3.05) is 0 Å². The first kappa shape index (κ1) is 20.8. The van der Waals surface area contributed by atoms with E-state index in [1.165, 1.54) is 10.9 Å². The molecule has 0 bridgehead atoms. The molecule has 0 spiro atoms. The number of fused-ring (bicyclic) bond motifs is 3. The number of pyridine rings is 1. The molecule has 0 fully saturated rings. The second-order valence-electron chi connectivity index (χ2n) is 7.42. The summed E-state index contributed by atoms with van der Waals surface area (Å²) in [5.41, 5.74) is 6.18. The molecule has 151 valence electrons. The Morgan fingerprint density at radius 2 is 1.58 bits per heavy atom. The molecule has 3 aromatic carbocycles. The van der Waals surface area contributed by atoms with Crippen molar-refractivity contribution in [3.63, 3.8) is 0 Å². The van der Waals surface area contributed by atoms with Gasteiger partial charge in [0.05, 0.1) is 0 Å². The van der Waals surface area contributed by atoms with Crippen LogP contribution in [0.4, 0.5) is 0 Å². The van der Waals surface area contributed by atoms with E-state index in [1.54, 1.807) is 12.4 Å². The molecule has 0 aliphatic carbocycles. The first-order valence-electron chi connectivity index (χ1n) is 9.67. The summed E-state index contributed by atoms with van der Waals surface area (Å²) in [5.74, 6) is 0.175. The molecule has 0 unspecified atom stereocenters. The average molecular weight is 578 g/mol. The SMILES string of the molecule is Cc1[c-]c(-c2nccc3c2ccc2cc(-c4cnc(C#N)nc4)ccc23)cc(C)c1.[Ir]. The zero-order chi connectivity index (χ0) is 20.7. The third-order valence-corrected chi connectivity index (χ3v) is 5.25. The van der Waals surface area contributed by atoms with E-state index in [4.69, 9.17) is 5.26 Å². The van der Waals surface area contributed by atoms with Crippen molar-refractivity contribution in [2.24, 2.45) is 0 Å². The number of aryl methyl sites for hydroxylation is 2. The van der Waals surface area contributed by atoms with Crippen molar-refractivity contribution in [1.29, 1.82) is 5.26 Å². The fraction of sp³-hybridized carbons (Fsp3) is 0.0769. The molecular formula is C26H17IrN4-. The number of rotatable bonds is 2. The van der Waals surface area contributed by atoms with Crippen molar-refractivity contribution in [3.05, 3.63) is 90.1 Å². The maximum Gasteiger partial charge on any atom is 0.232 e. The Kier molecular flexibility index (Phi) is 5.61. The molecular weight excluding hydrogens is 561 g/mol. The zero-order valence-electron chi connectivity index (χ0n) is 17.0. The van der Waals surface area contributed by atoms with Crippen LogP contribution in [0, 0.1) is 31.2 Å². The summed E-state index contributed by atoms with van der Waals surface area (Å²) >= 11 is 0. The van der Waals surface area contributed by atoms with Crippen LogP contribution in [0.15, 0.2) is 67.1 Å². The van der Waals surface area contributed by atoms with Crippen molar-refractivity contribution in [2.45, 2.75) is 13.8 Å². The minimum atomic E-state index is 0. The average Bonchev–Trinajstić information content (AvgIpc) is 2.77.